The molecule has 0 N–H and O–H groups in total. The Morgan fingerprint density at radius 3 is 2.57 bits per heavy atom. The fourth-order valence-corrected chi connectivity index (χ4v) is 4.13. The number of hydrogen-bond donors (Lipinski definition) is 0. The van der Waals surface area contributed by atoms with E-state index in [0.717, 1.165) is 27.1 Å². The molecule has 0 aliphatic carbocycles. The van der Waals surface area contributed by atoms with Crippen molar-refractivity contribution in [2.24, 2.45) is 5.10 Å². The molecule has 0 bridgehead atoms. The van der Waals surface area contributed by atoms with Gasteiger partial charge in [-0.25, -0.2) is 13.8 Å². The van der Waals surface area contributed by atoms with Crippen molar-refractivity contribution in [2.75, 3.05) is 0 Å². The molecule has 0 radical (unpaired) electrons. The first-order valence-electron chi connectivity index (χ1n) is 8.92. The molecule has 0 aromatic heterocycles. The summed E-state index contributed by atoms with van der Waals surface area (Å²) < 4.78 is 34.3. The minimum Gasteiger partial charge on any atom is -0.464 e. The summed E-state index contributed by atoms with van der Waals surface area (Å²) in [6.45, 7) is 0. The number of halogens is 3. The minimum absolute atomic E-state index is 0.0467. The van der Waals surface area contributed by atoms with E-state index in [9.17, 15) is 8.78 Å². The van der Waals surface area contributed by atoms with Gasteiger partial charge in [-0.05, 0) is 48.0 Å². The average Bonchev–Trinajstić information content (AvgIpc) is 3.14. The van der Waals surface area contributed by atoms with Gasteiger partial charge in [0.2, 0.25) is 6.23 Å². The minimum atomic E-state index is -0.535. The van der Waals surface area contributed by atoms with Gasteiger partial charge >= 0.3 is 0 Å². The van der Waals surface area contributed by atoms with Gasteiger partial charge in [0.05, 0.1) is 11.8 Å². The predicted octanol–water partition coefficient (Wildman–Crippen LogP) is 5.97. The topological polar surface area (TPSA) is 24.8 Å². The van der Waals surface area contributed by atoms with Gasteiger partial charge in [-0.1, -0.05) is 40.2 Å². The molecule has 0 fully saturated rings. The second kappa shape index (κ2) is 6.71. The second-order valence-corrected chi connectivity index (χ2v) is 7.78. The van der Waals surface area contributed by atoms with E-state index < -0.39 is 6.23 Å². The van der Waals surface area contributed by atoms with Gasteiger partial charge in [-0.2, -0.15) is 5.10 Å². The predicted molar refractivity (Wildman–Crippen MR) is 106 cm³/mol. The van der Waals surface area contributed by atoms with Crippen LogP contribution in [0.5, 0.6) is 5.75 Å². The maximum absolute atomic E-state index is 13.8. The Labute approximate surface area is 169 Å². The Morgan fingerprint density at radius 2 is 1.79 bits per heavy atom. The van der Waals surface area contributed by atoms with E-state index in [1.165, 1.54) is 24.3 Å². The van der Waals surface area contributed by atoms with E-state index in [-0.39, 0.29) is 17.7 Å². The number of nitrogens with zero attached hydrogens (tertiary/aromatic N) is 2. The molecule has 5 rings (SSSR count). The van der Waals surface area contributed by atoms with Gasteiger partial charge in [0, 0.05) is 22.0 Å². The Bertz CT molecular complexity index is 1080. The Kier molecular flexibility index (Phi) is 4.16. The lowest BCUT2D eigenvalue weighted by Crippen LogP contribution is -2.33. The second-order valence-electron chi connectivity index (χ2n) is 6.86. The smallest absolute Gasteiger partial charge is 0.213 e. The molecule has 0 spiro atoms. The van der Waals surface area contributed by atoms with Crippen LogP contribution in [0.1, 0.15) is 35.4 Å². The quantitative estimate of drug-likeness (QED) is 0.490. The first-order valence-corrected chi connectivity index (χ1v) is 9.71. The summed E-state index contributed by atoms with van der Waals surface area (Å²) in [5, 5.41) is 6.67. The largest absolute Gasteiger partial charge is 0.464 e. The molecule has 140 valence electrons. The Morgan fingerprint density at radius 1 is 0.964 bits per heavy atom. The van der Waals surface area contributed by atoms with Crippen LogP contribution >= 0.6 is 15.9 Å². The molecular weight excluding hydrogens is 426 g/mol. The summed E-state index contributed by atoms with van der Waals surface area (Å²) in [6, 6.07) is 18.5. The molecule has 0 saturated heterocycles. The fourth-order valence-electron chi connectivity index (χ4n) is 3.76. The highest BCUT2D eigenvalue weighted by molar-refractivity contribution is 9.10. The van der Waals surface area contributed by atoms with Gasteiger partial charge in [-0.15, -0.1) is 0 Å². The zero-order valence-corrected chi connectivity index (χ0v) is 16.2. The van der Waals surface area contributed by atoms with Crippen molar-refractivity contribution in [3.05, 3.63) is 99.5 Å². The number of hydrogen-bond acceptors (Lipinski definition) is 3. The van der Waals surface area contributed by atoms with Crippen molar-refractivity contribution in [3.63, 3.8) is 0 Å². The summed E-state index contributed by atoms with van der Waals surface area (Å²) in [5.41, 5.74) is 3.43. The van der Waals surface area contributed by atoms with Crippen LogP contribution in [0.3, 0.4) is 0 Å². The highest BCUT2D eigenvalue weighted by Gasteiger charge is 2.41. The number of hydrazone groups is 1. The molecule has 6 heteroatoms. The number of ether oxygens (including phenoxy) is 1. The van der Waals surface area contributed by atoms with Crippen molar-refractivity contribution in [2.45, 2.75) is 18.7 Å². The van der Waals surface area contributed by atoms with Crippen molar-refractivity contribution in [3.8, 4) is 5.75 Å². The van der Waals surface area contributed by atoms with E-state index in [2.05, 4.69) is 15.9 Å². The van der Waals surface area contributed by atoms with Crippen molar-refractivity contribution >= 4 is 21.6 Å². The summed E-state index contributed by atoms with van der Waals surface area (Å²) >= 11 is 3.52. The molecule has 3 aromatic rings. The van der Waals surface area contributed by atoms with Crippen LogP contribution in [0.25, 0.3) is 0 Å². The molecule has 28 heavy (non-hydrogen) atoms. The Balaban J connectivity index is 1.61. The van der Waals surface area contributed by atoms with Crippen LogP contribution < -0.4 is 4.74 Å². The molecule has 2 aliphatic rings. The van der Waals surface area contributed by atoms with Gasteiger partial charge in [0.1, 0.15) is 17.4 Å². The monoisotopic (exact) mass is 440 g/mol. The summed E-state index contributed by atoms with van der Waals surface area (Å²) in [4.78, 5) is 0. The first-order chi connectivity index (χ1) is 13.6. The van der Waals surface area contributed by atoms with E-state index in [1.54, 1.807) is 18.2 Å². The number of rotatable bonds is 2. The third-order valence-electron chi connectivity index (χ3n) is 5.06. The zero-order chi connectivity index (χ0) is 19.3. The SMILES string of the molecule is Fc1ccc(C2=NN3[C@@H](c4cccc(F)c4)Oc4ccc(Br)cc4[C@@H]3C2)cc1. The van der Waals surface area contributed by atoms with Gasteiger partial charge in [0.15, 0.2) is 0 Å². The molecule has 2 aliphatic heterocycles. The lowest BCUT2D eigenvalue weighted by atomic mass is 9.96. The third kappa shape index (κ3) is 2.98. The van der Waals surface area contributed by atoms with Crippen molar-refractivity contribution in [1.29, 1.82) is 0 Å². The van der Waals surface area contributed by atoms with Gasteiger partial charge < -0.3 is 4.74 Å². The molecule has 0 amide bonds. The highest BCUT2D eigenvalue weighted by atomic mass is 79.9. The number of benzene rings is 3. The lowest BCUT2D eigenvalue weighted by Gasteiger charge is -2.38. The molecule has 3 aromatic carbocycles. The van der Waals surface area contributed by atoms with Crippen LogP contribution in [0.4, 0.5) is 8.78 Å². The maximum Gasteiger partial charge on any atom is 0.213 e. The number of fused-ring (bicyclic) bond motifs is 3. The van der Waals surface area contributed by atoms with Gasteiger partial charge in [-0.3, -0.25) is 0 Å². The summed E-state index contributed by atoms with van der Waals surface area (Å²) in [5.74, 6) is 0.158. The van der Waals surface area contributed by atoms with Crippen LogP contribution in [0, 0.1) is 11.6 Å². The van der Waals surface area contributed by atoms with E-state index in [0.29, 0.717) is 12.0 Å². The van der Waals surface area contributed by atoms with E-state index in [1.807, 2.05) is 29.3 Å². The van der Waals surface area contributed by atoms with E-state index >= 15 is 0 Å². The average molecular weight is 441 g/mol. The molecule has 3 nitrogen and oxygen atoms in total. The van der Waals surface area contributed by atoms with Crippen molar-refractivity contribution in [1.82, 2.24) is 5.01 Å². The lowest BCUT2D eigenvalue weighted by molar-refractivity contribution is -0.0192. The zero-order valence-electron chi connectivity index (χ0n) is 14.6. The summed E-state index contributed by atoms with van der Waals surface area (Å²) in [6.07, 6.45) is 0.122. The highest BCUT2D eigenvalue weighted by Crippen LogP contribution is 2.48. The first kappa shape index (κ1) is 17.4. The molecular formula is C22H15BrF2N2O. The molecule has 2 heterocycles. The standard InChI is InChI=1S/C22H15BrF2N2O/c23-15-6-9-21-18(11-15)20-12-19(13-4-7-16(24)8-5-13)26-27(20)22(28-21)14-2-1-3-17(25)10-14/h1-11,20,22H,12H2/t20-,22+/m0/s1. The molecule has 0 saturated carbocycles. The van der Waals surface area contributed by atoms with Crippen LogP contribution in [-0.2, 0) is 0 Å². The molecule has 0 unspecified atom stereocenters. The van der Waals surface area contributed by atoms with Crippen LogP contribution in [-0.4, -0.2) is 10.7 Å². The maximum atomic E-state index is 13.8. The van der Waals surface area contributed by atoms with Gasteiger partial charge in [0.25, 0.3) is 0 Å². The van der Waals surface area contributed by atoms with Crippen LogP contribution in [0.15, 0.2) is 76.3 Å². The van der Waals surface area contributed by atoms with Crippen LogP contribution in [0.2, 0.25) is 0 Å². The normalized spacial score (nSPS) is 20.2. The fraction of sp³-hybridized carbons (Fsp3) is 0.136. The summed E-state index contributed by atoms with van der Waals surface area (Å²) in [7, 11) is 0. The van der Waals surface area contributed by atoms with Crippen molar-refractivity contribution < 1.29 is 13.5 Å². The van der Waals surface area contributed by atoms with E-state index in [4.69, 9.17) is 9.84 Å². The Hall–Kier alpha value is -2.73. The molecule has 2 atom stereocenters. The third-order valence-corrected chi connectivity index (χ3v) is 5.56.